The molecule has 5 nitrogen and oxygen atoms in total. The van der Waals surface area contributed by atoms with Crippen molar-refractivity contribution in [1.82, 2.24) is 10.2 Å². The second-order valence-corrected chi connectivity index (χ2v) is 6.96. The topological polar surface area (TPSA) is 61.4 Å². The highest BCUT2D eigenvalue weighted by Gasteiger charge is 2.38. The van der Waals surface area contributed by atoms with E-state index in [1.54, 1.807) is 24.3 Å². The van der Waals surface area contributed by atoms with E-state index in [-0.39, 0.29) is 30.3 Å². The van der Waals surface area contributed by atoms with Crippen molar-refractivity contribution in [3.8, 4) is 0 Å². The van der Waals surface area contributed by atoms with Crippen molar-refractivity contribution in [2.45, 2.75) is 31.3 Å². The molecule has 2 amide bonds. The van der Waals surface area contributed by atoms with Crippen molar-refractivity contribution in [1.29, 1.82) is 0 Å². The van der Waals surface area contributed by atoms with Crippen LogP contribution in [0.25, 0.3) is 0 Å². The second kappa shape index (κ2) is 8.55. The number of anilines is 1. The highest BCUT2D eigenvalue weighted by Crippen LogP contribution is 2.31. The van der Waals surface area contributed by atoms with Crippen molar-refractivity contribution < 1.29 is 9.59 Å². The molecule has 0 spiro atoms. The summed E-state index contributed by atoms with van der Waals surface area (Å²) in [6, 6.07) is 16.9. The van der Waals surface area contributed by atoms with Gasteiger partial charge in [-0.3, -0.25) is 9.59 Å². The third-order valence-electron chi connectivity index (χ3n) is 5.33. The Hall–Kier alpha value is -2.37. The van der Waals surface area contributed by atoms with Crippen molar-refractivity contribution in [2.24, 2.45) is 0 Å². The fourth-order valence-electron chi connectivity index (χ4n) is 4.02. The van der Waals surface area contributed by atoms with Gasteiger partial charge in [0.15, 0.2) is 0 Å². The van der Waals surface area contributed by atoms with Crippen molar-refractivity contribution >= 4 is 29.9 Å². The van der Waals surface area contributed by atoms with Crippen LogP contribution in [0.4, 0.5) is 5.69 Å². The Labute approximate surface area is 165 Å². The van der Waals surface area contributed by atoms with Gasteiger partial charge in [0.05, 0.1) is 11.3 Å². The molecule has 2 N–H and O–H groups in total. The quantitative estimate of drug-likeness (QED) is 0.851. The summed E-state index contributed by atoms with van der Waals surface area (Å²) < 4.78 is 0. The van der Waals surface area contributed by atoms with Gasteiger partial charge in [-0.25, -0.2) is 0 Å². The number of carbonyl (C=O) groups excluding carboxylic acids is 2. The first kappa shape index (κ1) is 19.4. The molecular formula is C21H24ClN3O2. The van der Waals surface area contributed by atoms with Crippen LogP contribution in [0.2, 0.25) is 0 Å². The van der Waals surface area contributed by atoms with E-state index < -0.39 is 0 Å². The molecule has 4 rings (SSSR count). The number of fused-ring (bicyclic) bond motifs is 2. The molecular weight excluding hydrogens is 362 g/mol. The maximum absolute atomic E-state index is 13.3. The number of nitrogens with zero attached hydrogens (tertiary/aromatic N) is 1. The lowest BCUT2D eigenvalue weighted by atomic mass is 10.1. The molecule has 2 atom stereocenters. The standard InChI is InChI=1S/C21H23N3O2.ClH/c25-20(15-6-2-1-3-7-15)23-19-9-5-4-8-18(19)21(26)24-16-10-11-17(24)14-22-13-12-16;/h1-9,16-17,22H,10-14H2,(H,23,25);1H. The maximum atomic E-state index is 13.3. The monoisotopic (exact) mass is 385 g/mol. The average molecular weight is 386 g/mol. The molecule has 2 aliphatic rings. The lowest BCUT2D eigenvalue weighted by molar-refractivity contribution is 0.0681. The first-order valence-corrected chi connectivity index (χ1v) is 9.23. The van der Waals surface area contributed by atoms with Crippen LogP contribution in [0.5, 0.6) is 0 Å². The lowest BCUT2D eigenvalue weighted by Gasteiger charge is -2.28. The van der Waals surface area contributed by atoms with Crippen LogP contribution >= 0.6 is 12.4 Å². The number of amides is 2. The van der Waals surface area contributed by atoms with Gasteiger partial charge in [0, 0.05) is 24.2 Å². The smallest absolute Gasteiger partial charge is 0.256 e. The molecule has 2 bridgehead atoms. The SMILES string of the molecule is Cl.O=C(Nc1ccccc1C(=O)N1C2CCNCC1CC2)c1ccccc1. The molecule has 0 aromatic heterocycles. The molecule has 6 heteroatoms. The third-order valence-corrected chi connectivity index (χ3v) is 5.33. The Bertz CT molecular complexity index is 798. The van der Waals surface area contributed by atoms with Crippen LogP contribution in [0, 0.1) is 0 Å². The molecule has 2 fully saturated rings. The summed E-state index contributed by atoms with van der Waals surface area (Å²) in [4.78, 5) is 27.8. The van der Waals surface area contributed by atoms with Gasteiger partial charge >= 0.3 is 0 Å². The zero-order chi connectivity index (χ0) is 17.9. The Morgan fingerprint density at radius 3 is 2.44 bits per heavy atom. The van der Waals surface area contributed by atoms with Crippen LogP contribution < -0.4 is 10.6 Å². The van der Waals surface area contributed by atoms with E-state index >= 15 is 0 Å². The molecule has 2 heterocycles. The summed E-state index contributed by atoms with van der Waals surface area (Å²) in [7, 11) is 0. The van der Waals surface area contributed by atoms with Crippen LogP contribution in [0.1, 0.15) is 40.0 Å². The normalized spacial score (nSPS) is 21.1. The number of para-hydroxylation sites is 1. The van der Waals surface area contributed by atoms with Crippen LogP contribution in [0.3, 0.4) is 0 Å². The van der Waals surface area contributed by atoms with E-state index in [1.807, 2.05) is 35.2 Å². The zero-order valence-corrected chi connectivity index (χ0v) is 15.9. The van der Waals surface area contributed by atoms with E-state index in [1.165, 1.54) is 0 Å². The van der Waals surface area contributed by atoms with Crippen LogP contribution in [-0.2, 0) is 0 Å². The van der Waals surface area contributed by atoms with Crippen molar-refractivity contribution in [3.63, 3.8) is 0 Å². The number of carbonyl (C=O) groups is 2. The van der Waals surface area contributed by atoms with E-state index in [2.05, 4.69) is 10.6 Å². The molecule has 2 unspecified atom stereocenters. The molecule has 27 heavy (non-hydrogen) atoms. The van der Waals surface area contributed by atoms with Gasteiger partial charge in [-0.2, -0.15) is 0 Å². The number of halogens is 1. The number of rotatable bonds is 3. The molecule has 0 radical (unpaired) electrons. The van der Waals surface area contributed by atoms with Gasteiger partial charge in [-0.05, 0) is 50.1 Å². The highest BCUT2D eigenvalue weighted by molar-refractivity contribution is 6.09. The van der Waals surface area contributed by atoms with Crippen LogP contribution in [-0.4, -0.2) is 41.9 Å². The Kier molecular flexibility index (Phi) is 6.14. The second-order valence-electron chi connectivity index (χ2n) is 6.96. The van der Waals surface area contributed by atoms with Gasteiger partial charge in [0.25, 0.3) is 11.8 Å². The number of benzene rings is 2. The molecule has 0 aliphatic carbocycles. The van der Waals surface area contributed by atoms with Crippen molar-refractivity contribution in [2.75, 3.05) is 18.4 Å². The summed E-state index contributed by atoms with van der Waals surface area (Å²) in [5.41, 5.74) is 1.72. The summed E-state index contributed by atoms with van der Waals surface area (Å²) in [6.07, 6.45) is 3.10. The Balaban J connectivity index is 0.00000210. The summed E-state index contributed by atoms with van der Waals surface area (Å²) in [6.45, 7) is 1.80. The van der Waals surface area contributed by atoms with E-state index in [9.17, 15) is 9.59 Å². The van der Waals surface area contributed by atoms with Gasteiger partial charge < -0.3 is 15.5 Å². The summed E-state index contributed by atoms with van der Waals surface area (Å²) in [5, 5.41) is 6.33. The average Bonchev–Trinajstić information content (AvgIpc) is 2.95. The first-order chi connectivity index (χ1) is 12.7. The van der Waals surface area contributed by atoms with E-state index in [0.717, 1.165) is 32.4 Å². The van der Waals surface area contributed by atoms with Crippen molar-refractivity contribution in [3.05, 3.63) is 65.7 Å². The van der Waals surface area contributed by atoms with Gasteiger partial charge in [-0.1, -0.05) is 30.3 Å². The first-order valence-electron chi connectivity index (χ1n) is 9.23. The predicted molar refractivity (Wildman–Crippen MR) is 109 cm³/mol. The minimum absolute atomic E-state index is 0. The summed E-state index contributed by atoms with van der Waals surface area (Å²) in [5.74, 6) is -0.184. The van der Waals surface area contributed by atoms with E-state index in [0.29, 0.717) is 22.9 Å². The number of hydrogen-bond acceptors (Lipinski definition) is 3. The molecule has 2 aliphatic heterocycles. The minimum Gasteiger partial charge on any atom is -0.331 e. The zero-order valence-electron chi connectivity index (χ0n) is 15.1. The Morgan fingerprint density at radius 1 is 0.926 bits per heavy atom. The number of hydrogen-bond donors (Lipinski definition) is 2. The predicted octanol–water partition coefficient (Wildman–Crippen LogP) is 3.33. The maximum Gasteiger partial charge on any atom is 0.256 e. The van der Waals surface area contributed by atoms with Gasteiger partial charge in [-0.15, -0.1) is 12.4 Å². The fraction of sp³-hybridized carbons (Fsp3) is 0.333. The molecule has 2 aromatic carbocycles. The fourth-order valence-corrected chi connectivity index (χ4v) is 4.02. The van der Waals surface area contributed by atoms with Gasteiger partial charge in [0.2, 0.25) is 0 Å². The molecule has 2 saturated heterocycles. The molecule has 142 valence electrons. The largest absolute Gasteiger partial charge is 0.331 e. The minimum atomic E-state index is -0.202. The number of nitrogens with one attached hydrogen (secondary N) is 2. The molecule has 0 saturated carbocycles. The lowest BCUT2D eigenvalue weighted by Crippen LogP contribution is -2.42. The Morgan fingerprint density at radius 2 is 1.63 bits per heavy atom. The van der Waals surface area contributed by atoms with Crippen LogP contribution in [0.15, 0.2) is 54.6 Å². The van der Waals surface area contributed by atoms with E-state index in [4.69, 9.17) is 0 Å². The van der Waals surface area contributed by atoms with Gasteiger partial charge in [0.1, 0.15) is 0 Å². The third kappa shape index (κ3) is 3.99. The highest BCUT2D eigenvalue weighted by atomic mass is 35.5. The molecule has 2 aromatic rings. The summed E-state index contributed by atoms with van der Waals surface area (Å²) >= 11 is 0.